The lowest BCUT2D eigenvalue weighted by molar-refractivity contribution is -0.154. The molecule has 0 saturated carbocycles. The van der Waals surface area contributed by atoms with E-state index in [1.165, 1.54) is 0 Å². The highest BCUT2D eigenvalue weighted by Gasteiger charge is 2.45. The number of nitrogens with zero attached hydrogens (tertiary/aromatic N) is 1. The Morgan fingerprint density at radius 1 is 1.40 bits per heavy atom. The summed E-state index contributed by atoms with van der Waals surface area (Å²) in [7, 11) is 0. The zero-order valence-corrected chi connectivity index (χ0v) is 13.3. The summed E-state index contributed by atoms with van der Waals surface area (Å²) in [6.07, 6.45) is 2.67. The van der Waals surface area contributed by atoms with E-state index in [-0.39, 0.29) is 17.4 Å². The van der Waals surface area contributed by atoms with Crippen LogP contribution in [0.15, 0.2) is 0 Å². The molecular weight excluding hydrogens is 256 g/mol. The molecule has 116 valence electrons. The molecule has 0 aromatic rings. The van der Waals surface area contributed by atoms with Crippen LogP contribution in [-0.2, 0) is 9.59 Å². The minimum atomic E-state index is -0.835. The van der Waals surface area contributed by atoms with Gasteiger partial charge in [0.15, 0.2) is 0 Å². The van der Waals surface area contributed by atoms with Crippen LogP contribution in [0.5, 0.6) is 0 Å². The van der Waals surface area contributed by atoms with E-state index in [1.807, 2.05) is 32.6 Å². The smallest absolute Gasteiger partial charge is 0.321 e. The number of piperidine rings is 1. The van der Waals surface area contributed by atoms with Gasteiger partial charge >= 0.3 is 5.97 Å². The highest BCUT2D eigenvalue weighted by atomic mass is 16.4. The lowest BCUT2D eigenvalue weighted by Crippen LogP contribution is -2.60. The molecule has 0 spiro atoms. The molecule has 0 radical (unpaired) electrons. The molecule has 1 rings (SSSR count). The molecule has 1 aliphatic rings. The van der Waals surface area contributed by atoms with Crippen molar-refractivity contribution in [1.29, 1.82) is 0 Å². The number of carbonyl (C=O) groups is 2. The topological polar surface area (TPSA) is 69.6 Å². The largest absolute Gasteiger partial charge is 0.480 e. The molecule has 3 unspecified atom stereocenters. The second-order valence-electron chi connectivity index (χ2n) is 6.56. The van der Waals surface area contributed by atoms with Crippen molar-refractivity contribution < 1.29 is 14.7 Å². The first-order chi connectivity index (χ1) is 9.20. The van der Waals surface area contributed by atoms with Gasteiger partial charge in [-0.3, -0.25) is 14.5 Å². The van der Waals surface area contributed by atoms with Gasteiger partial charge in [0.2, 0.25) is 5.91 Å². The van der Waals surface area contributed by atoms with E-state index in [2.05, 4.69) is 5.32 Å². The van der Waals surface area contributed by atoms with Gasteiger partial charge in [-0.25, -0.2) is 0 Å². The van der Waals surface area contributed by atoms with E-state index in [0.717, 1.165) is 19.3 Å². The Kier molecular flexibility index (Phi) is 5.57. The molecule has 5 heteroatoms. The zero-order valence-electron chi connectivity index (χ0n) is 13.3. The molecule has 0 aliphatic carbocycles. The van der Waals surface area contributed by atoms with Gasteiger partial charge in [-0.05, 0) is 45.1 Å². The Balaban J connectivity index is 2.86. The van der Waals surface area contributed by atoms with Crippen LogP contribution in [0.4, 0.5) is 0 Å². The maximum absolute atomic E-state index is 12.2. The number of carboxylic acids is 1. The van der Waals surface area contributed by atoms with Gasteiger partial charge in [-0.15, -0.1) is 0 Å². The molecule has 2 N–H and O–H groups in total. The average molecular weight is 284 g/mol. The van der Waals surface area contributed by atoms with E-state index in [1.54, 1.807) is 6.92 Å². The van der Waals surface area contributed by atoms with Crippen molar-refractivity contribution in [3.05, 3.63) is 0 Å². The third kappa shape index (κ3) is 3.72. The average Bonchev–Trinajstić information content (AvgIpc) is 2.35. The number of rotatable bonds is 5. The van der Waals surface area contributed by atoms with Crippen molar-refractivity contribution in [3.8, 4) is 0 Å². The van der Waals surface area contributed by atoms with Crippen LogP contribution in [0, 0.1) is 5.41 Å². The Bertz CT molecular complexity index is 368. The van der Waals surface area contributed by atoms with Crippen molar-refractivity contribution in [1.82, 2.24) is 10.2 Å². The summed E-state index contributed by atoms with van der Waals surface area (Å²) in [6, 6.07) is -0.898. The highest BCUT2D eigenvalue weighted by molar-refractivity contribution is 5.83. The summed E-state index contributed by atoms with van der Waals surface area (Å²) in [6.45, 7) is 10.4. The quantitative estimate of drug-likeness (QED) is 0.808. The number of amides is 1. The second-order valence-corrected chi connectivity index (χ2v) is 6.56. The van der Waals surface area contributed by atoms with Crippen LogP contribution in [0.25, 0.3) is 0 Å². The molecule has 5 nitrogen and oxygen atoms in total. The molecule has 1 aliphatic heterocycles. The minimum Gasteiger partial charge on any atom is -0.480 e. The van der Waals surface area contributed by atoms with E-state index >= 15 is 0 Å². The maximum atomic E-state index is 12.2. The summed E-state index contributed by atoms with van der Waals surface area (Å²) < 4.78 is 0. The van der Waals surface area contributed by atoms with Crippen molar-refractivity contribution in [2.45, 2.75) is 72.0 Å². The number of nitrogens with one attached hydrogen (secondary N) is 1. The first-order valence-corrected chi connectivity index (χ1v) is 7.49. The van der Waals surface area contributed by atoms with Crippen molar-refractivity contribution in [3.63, 3.8) is 0 Å². The van der Waals surface area contributed by atoms with Gasteiger partial charge in [0.1, 0.15) is 6.04 Å². The van der Waals surface area contributed by atoms with Gasteiger partial charge in [-0.1, -0.05) is 20.8 Å². The number of carboxylic acid groups (broad SMARTS) is 1. The van der Waals surface area contributed by atoms with Crippen molar-refractivity contribution in [2.75, 3.05) is 6.54 Å². The van der Waals surface area contributed by atoms with Crippen LogP contribution in [-0.4, -0.2) is 46.6 Å². The van der Waals surface area contributed by atoms with Crippen LogP contribution >= 0.6 is 0 Å². The van der Waals surface area contributed by atoms with Gasteiger partial charge < -0.3 is 10.4 Å². The SMILES string of the molecule is CCC(C)NC(=O)C(C)N1CCCC(C)(C)C1C(=O)O. The van der Waals surface area contributed by atoms with Gasteiger partial charge in [0, 0.05) is 6.04 Å². The summed E-state index contributed by atoms with van der Waals surface area (Å²) in [4.78, 5) is 25.7. The number of hydrogen-bond acceptors (Lipinski definition) is 3. The molecular formula is C15H28N2O3. The molecule has 3 atom stereocenters. The second kappa shape index (κ2) is 6.57. The standard InChI is InChI=1S/C15H28N2O3/c1-6-10(2)16-13(18)11(3)17-9-7-8-15(4,5)12(17)14(19)20/h10-12H,6-9H2,1-5H3,(H,16,18)(H,19,20). The highest BCUT2D eigenvalue weighted by Crippen LogP contribution is 2.36. The minimum absolute atomic E-state index is 0.0803. The molecule has 0 bridgehead atoms. The predicted octanol–water partition coefficient (Wildman–Crippen LogP) is 1.86. The third-order valence-corrected chi connectivity index (χ3v) is 4.42. The number of carbonyl (C=O) groups excluding carboxylic acids is 1. The van der Waals surface area contributed by atoms with Crippen molar-refractivity contribution >= 4 is 11.9 Å². The number of aliphatic carboxylic acids is 1. The summed E-state index contributed by atoms with van der Waals surface area (Å²) in [5.74, 6) is -0.916. The summed E-state index contributed by atoms with van der Waals surface area (Å²) in [5.41, 5.74) is -0.311. The first-order valence-electron chi connectivity index (χ1n) is 7.49. The Morgan fingerprint density at radius 3 is 2.50 bits per heavy atom. The molecule has 20 heavy (non-hydrogen) atoms. The Morgan fingerprint density at radius 2 is 2.00 bits per heavy atom. The molecule has 1 amide bonds. The monoisotopic (exact) mass is 284 g/mol. The number of hydrogen-bond donors (Lipinski definition) is 2. The molecule has 1 saturated heterocycles. The van der Waals surface area contributed by atoms with Crippen LogP contribution in [0.1, 0.15) is 53.9 Å². The molecule has 0 aromatic carbocycles. The Hall–Kier alpha value is -1.10. The van der Waals surface area contributed by atoms with Crippen LogP contribution < -0.4 is 5.32 Å². The van der Waals surface area contributed by atoms with E-state index < -0.39 is 18.1 Å². The predicted molar refractivity (Wildman–Crippen MR) is 78.5 cm³/mol. The normalized spacial score (nSPS) is 25.8. The molecule has 1 fully saturated rings. The summed E-state index contributed by atoms with van der Waals surface area (Å²) in [5, 5.41) is 12.5. The van der Waals surface area contributed by atoms with Gasteiger partial charge in [0.05, 0.1) is 6.04 Å². The molecule has 1 heterocycles. The number of likely N-dealkylation sites (tertiary alicyclic amines) is 1. The van der Waals surface area contributed by atoms with Gasteiger partial charge in [-0.2, -0.15) is 0 Å². The lowest BCUT2D eigenvalue weighted by atomic mass is 9.76. The fourth-order valence-corrected chi connectivity index (χ4v) is 2.94. The van der Waals surface area contributed by atoms with Gasteiger partial charge in [0.25, 0.3) is 0 Å². The Labute approximate surface area is 121 Å². The first kappa shape index (κ1) is 17.0. The molecule has 0 aromatic heterocycles. The third-order valence-electron chi connectivity index (χ3n) is 4.42. The van der Waals surface area contributed by atoms with Crippen molar-refractivity contribution in [2.24, 2.45) is 5.41 Å². The van der Waals surface area contributed by atoms with E-state index in [4.69, 9.17) is 0 Å². The fraction of sp³-hybridized carbons (Fsp3) is 0.867. The fourth-order valence-electron chi connectivity index (χ4n) is 2.94. The van der Waals surface area contributed by atoms with Crippen LogP contribution in [0.2, 0.25) is 0 Å². The van der Waals surface area contributed by atoms with E-state index in [9.17, 15) is 14.7 Å². The van der Waals surface area contributed by atoms with Crippen LogP contribution in [0.3, 0.4) is 0 Å². The van der Waals surface area contributed by atoms with E-state index in [0.29, 0.717) is 6.54 Å². The lowest BCUT2D eigenvalue weighted by Gasteiger charge is -2.46. The summed E-state index contributed by atoms with van der Waals surface area (Å²) >= 11 is 0. The zero-order chi connectivity index (χ0) is 15.5. The maximum Gasteiger partial charge on any atom is 0.321 e.